The minimum Gasteiger partial charge on any atom is -0.369 e. The number of benzene rings is 1. The second kappa shape index (κ2) is 5.91. The molecule has 0 aliphatic carbocycles. The van der Waals surface area contributed by atoms with Crippen molar-refractivity contribution in [3.05, 3.63) is 29.3 Å². The van der Waals surface area contributed by atoms with Gasteiger partial charge in [0.2, 0.25) is 0 Å². The van der Waals surface area contributed by atoms with E-state index in [1.54, 1.807) is 0 Å². The van der Waals surface area contributed by atoms with E-state index in [1.807, 2.05) is 29.2 Å². The van der Waals surface area contributed by atoms with Crippen LogP contribution in [0.1, 0.15) is 6.92 Å². The van der Waals surface area contributed by atoms with Crippen LogP contribution in [0.4, 0.5) is 5.69 Å². The van der Waals surface area contributed by atoms with Gasteiger partial charge in [0.15, 0.2) is 6.29 Å². The van der Waals surface area contributed by atoms with Gasteiger partial charge in [0.05, 0.1) is 0 Å². The molecule has 1 aliphatic heterocycles. The van der Waals surface area contributed by atoms with Crippen molar-refractivity contribution in [2.24, 2.45) is 0 Å². The molecule has 0 radical (unpaired) electrons. The number of anilines is 1. The van der Waals surface area contributed by atoms with Crippen molar-refractivity contribution >= 4 is 35.2 Å². The van der Waals surface area contributed by atoms with Crippen LogP contribution in [0, 0.1) is 0 Å². The van der Waals surface area contributed by atoms with Gasteiger partial charge in [-0.15, -0.1) is 0 Å². The average Bonchev–Trinajstić information content (AvgIpc) is 2.38. The zero-order valence-corrected chi connectivity index (χ0v) is 11.7. The normalized spacial score (nSPS) is 22.8. The molecule has 1 saturated heterocycles. The first kappa shape index (κ1) is 13.7. The number of piperazine rings is 1. The van der Waals surface area contributed by atoms with Gasteiger partial charge in [-0.2, -0.15) is 0 Å². The van der Waals surface area contributed by atoms with Crippen molar-refractivity contribution < 1.29 is 4.79 Å². The first-order chi connectivity index (χ1) is 8.61. The summed E-state index contributed by atoms with van der Waals surface area (Å²) < 4.78 is 0. The fourth-order valence-corrected chi connectivity index (χ4v) is 2.72. The first-order valence-corrected chi connectivity index (χ1v) is 6.79. The number of nitrogens with zero attached hydrogens (tertiary/aromatic N) is 2. The highest BCUT2D eigenvalue weighted by Gasteiger charge is 2.28. The van der Waals surface area contributed by atoms with Gasteiger partial charge in [0.1, 0.15) is 5.50 Å². The number of carbonyl (C=O) groups excluding carboxylic acids is 1. The molecule has 0 saturated carbocycles. The Morgan fingerprint density at radius 3 is 2.56 bits per heavy atom. The topological polar surface area (TPSA) is 23.6 Å². The average molecular weight is 287 g/mol. The van der Waals surface area contributed by atoms with E-state index in [0.29, 0.717) is 0 Å². The summed E-state index contributed by atoms with van der Waals surface area (Å²) >= 11 is 11.9. The maximum Gasteiger partial charge on any atom is 0.152 e. The molecular formula is C13H16Cl2N2O. The van der Waals surface area contributed by atoms with E-state index in [4.69, 9.17) is 23.2 Å². The summed E-state index contributed by atoms with van der Waals surface area (Å²) in [7, 11) is 0. The summed E-state index contributed by atoms with van der Waals surface area (Å²) in [5.74, 6) is 0. The summed E-state index contributed by atoms with van der Waals surface area (Å²) in [5, 5.41) is 0.743. The molecule has 5 heteroatoms. The molecule has 0 bridgehead atoms. The van der Waals surface area contributed by atoms with Gasteiger partial charge in [-0.3, -0.25) is 4.90 Å². The van der Waals surface area contributed by atoms with E-state index < -0.39 is 5.50 Å². The predicted molar refractivity (Wildman–Crippen MR) is 75.5 cm³/mol. The SMILES string of the molecule is C[C@H]1CN(c2ccc(Cl)cc2)CCN1C(Cl)C=O. The van der Waals surface area contributed by atoms with E-state index in [-0.39, 0.29) is 6.04 Å². The van der Waals surface area contributed by atoms with Crippen molar-refractivity contribution in [3.63, 3.8) is 0 Å². The summed E-state index contributed by atoms with van der Waals surface area (Å²) in [6, 6.07) is 8.07. The highest BCUT2D eigenvalue weighted by Crippen LogP contribution is 2.22. The first-order valence-electron chi connectivity index (χ1n) is 5.97. The van der Waals surface area contributed by atoms with Gasteiger partial charge in [0, 0.05) is 36.4 Å². The highest BCUT2D eigenvalue weighted by molar-refractivity contribution is 6.30. The molecule has 1 aromatic rings. The number of aldehydes is 1. The number of hydrogen-bond donors (Lipinski definition) is 0. The molecule has 1 unspecified atom stereocenters. The van der Waals surface area contributed by atoms with Gasteiger partial charge >= 0.3 is 0 Å². The van der Waals surface area contributed by atoms with Gasteiger partial charge in [-0.1, -0.05) is 23.2 Å². The second-order valence-electron chi connectivity index (χ2n) is 4.52. The number of carbonyl (C=O) groups is 1. The van der Waals surface area contributed by atoms with Crippen LogP contribution in [-0.2, 0) is 4.79 Å². The zero-order valence-electron chi connectivity index (χ0n) is 10.2. The molecule has 3 nitrogen and oxygen atoms in total. The summed E-state index contributed by atoms with van der Waals surface area (Å²) in [4.78, 5) is 15.0. The molecule has 98 valence electrons. The van der Waals surface area contributed by atoms with Crippen LogP contribution in [-0.4, -0.2) is 42.4 Å². The third-order valence-corrected chi connectivity index (χ3v) is 3.91. The molecular weight excluding hydrogens is 271 g/mol. The van der Waals surface area contributed by atoms with Gasteiger partial charge in [-0.05, 0) is 31.2 Å². The van der Waals surface area contributed by atoms with E-state index in [2.05, 4.69) is 11.8 Å². The Kier molecular flexibility index (Phi) is 4.49. The number of rotatable bonds is 3. The lowest BCUT2D eigenvalue weighted by Gasteiger charge is -2.41. The molecule has 0 aromatic heterocycles. The third kappa shape index (κ3) is 2.97. The van der Waals surface area contributed by atoms with Crippen molar-refractivity contribution in [3.8, 4) is 0 Å². The Morgan fingerprint density at radius 2 is 2.00 bits per heavy atom. The smallest absolute Gasteiger partial charge is 0.152 e. The standard InChI is InChI=1S/C13H16Cl2N2O/c1-10-8-16(6-7-17(10)13(15)9-18)12-4-2-11(14)3-5-12/h2-5,9-10,13H,6-8H2,1H3/t10-,13?/m0/s1. The minimum absolute atomic E-state index is 0.252. The van der Waals surface area contributed by atoms with Crippen LogP contribution in [0.2, 0.25) is 5.02 Å². The predicted octanol–water partition coefficient (Wildman–Crippen LogP) is 2.61. The molecule has 18 heavy (non-hydrogen) atoms. The van der Waals surface area contributed by atoms with E-state index in [1.165, 1.54) is 0 Å². The maximum absolute atomic E-state index is 10.7. The van der Waals surface area contributed by atoms with Crippen LogP contribution < -0.4 is 4.90 Å². The second-order valence-corrected chi connectivity index (χ2v) is 5.40. The van der Waals surface area contributed by atoms with Crippen LogP contribution in [0.15, 0.2) is 24.3 Å². The number of alkyl halides is 1. The maximum atomic E-state index is 10.7. The Labute approximate surface area is 117 Å². The van der Waals surface area contributed by atoms with Crippen LogP contribution in [0.3, 0.4) is 0 Å². The van der Waals surface area contributed by atoms with Crippen LogP contribution in [0.5, 0.6) is 0 Å². The van der Waals surface area contributed by atoms with Crippen molar-refractivity contribution in [1.29, 1.82) is 0 Å². The van der Waals surface area contributed by atoms with E-state index in [9.17, 15) is 4.79 Å². The number of hydrogen-bond acceptors (Lipinski definition) is 3. The lowest BCUT2D eigenvalue weighted by atomic mass is 10.1. The van der Waals surface area contributed by atoms with Crippen molar-refractivity contribution in [1.82, 2.24) is 4.90 Å². The Morgan fingerprint density at radius 1 is 1.33 bits per heavy atom. The summed E-state index contributed by atoms with van der Waals surface area (Å²) in [6.07, 6.45) is 0.788. The summed E-state index contributed by atoms with van der Waals surface area (Å²) in [5.41, 5.74) is 0.635. The van der Waals surface area contributed by atoms with Crippen LogP contribution >= 0.6 is 23.2 Å². The molecule has 1 fully saturated rings. The van der Waals surface area contributed by atoms with Gasteiger partial charge in [0.25, 0.3) is 0 Å². The minimum atomic E-state index is -0.521. The van der Waals surface area contributed by atoms with E-state index >= 15 is 0 Å². The quantitative estimate of drug-likeness (QED) is 0.485. The third-order valence-electron chi connectivity index (χ3n) is 3.30. The Balaban J connectivity index is 2.03. The monoisotopic (exact) mass is 286 g/mol. The largest absolute Gasteiger partial charge is 0.369 e. The zero-order chi connectivity index (χ0) is 13.1. The molecule has 1 aliphatic rings. The molecule has 0 amide bonds. The molecule has 2 rings (SSSR count). The highest BCUT2D eigenvalue weighted by atomic mass is 35.5. The summed E-state index contributed by atoms with van der Waals surface area (Å²) in [6.45, 7) is 4.60. The van der Waals surface area contributed by atoms with Crippen molar-refractivity contribution in [2.45, 2.75) is 18.5 Å². The fourth-order valence-electron chi connectivity index (χ4n) is 2.30. The fraction of sp³-hybridized carbons (Fsp3) is 0.462. The molecule has 0 N–H and O–H groups in total. The molecule has 1 heterocycles. The van der Waals surface area contributed by atoms with E-state index in [0.717, 1.165) is 36.6 Å². The van der Waals surface area contributed by atoms with Gasteiger partial charge in [-0.25, -0.2) is 0 Å². The number of halogens is 2. The molecule has 2 atom stereocenters. The Bertz CT molecular complexity index is 410. The van der Waals surface area contributed by atoms with Gasteiger partial charge < -0.3 is 9.69 Å². The lowest BCUT2D eigenvalue weighted by molar-refractivity contribution is -0.110. The van der Waals surface area contributed by atoms with Crippen molar-refractivity contribution in [2.75, 3.05) is 24.5 Å². The lowest BCUT2D eigenvalue weighted by Crippen LogP contribution is -2.54. The Hall–Kier alpha value is -0.770. The molecule has 0 spiro atoms. The van der Waals surface area contributed by atoms with Crippen LogP contribution in [0.25, 0.3) is 0 Å². The molecule has 1 aromatic carbocycles.